The lowest BCUT2D eigenvalue weighted by Gasteiger charge is -2.13. The molecule has 0 atom stereocenters. The molecule has 0 aliphatic heterocycles. The lowest BCUT2D eigenvalue weighted by molar-refractivity contribution is 0.0657. The van der Waals surface area contributed by atoms with Crippen molar-refractivity contribution in [3.05, 3.63) is 89.0 Å². The summed E-state index contributed by atoms with van der Waals surface area (Å²) in [5, 5.41) is 2.86. The molecule has 3 aromatic rings. The zero-order valence-corrected chi connectivity index (χ0v) is 20.6. The number of anilines is 1. The fraction of sp³-hybridized carbons (Fsp3) is 0.269. The van der Waals surface area contributed by atoms with Gasteiger partial charge in [0.1, 0.15) is 5.75 Å². The number of methoxy groups -OCH3 is 1. The quantitative estimate of drug-likeness (QED) is 0.438. The SMILES string of the molecule is COc1ccc(NS(=O)(=O)c2cc(C(=O)NCc3cccc(COC(C)C)c3)ccc2C)cc1. The third-order valence-electron chi connectivity index (χ3n) is 5.11. The van der Waals surface area contributed by atoms with Gasteiger partial charge in [0.15, 0.2) is 0 Å². The van der Waals surface area contributed by atoms with E-state index in [1.165, 1.54) is 13.2 Å². The maximum absolute atomic E-state index is 13.0. The number of nitrogens with one attached hydrogen (secondary N) is 2. The van der Waals surface area contributed by atoms with Gasteiger partial charge < -0.3 is 14.8 Å². The molecule has 0 saturated heterocycles. The van der Waals surface area contributed by atoms with Crippen LogP contribution in [-0.4, -0.2) is 27.5 Å². The van der Waals surface area contributed by atoms with E-state index in [0.717, 1.165) is 11.1 Å². The van der Waals surface area contributed by atoms with Gasteiger partial charge in [-0.25, -0.2) is 8.42 Å². The van der Waals surface area contributed by atoms with Gasteiger partial charge in [-0.3, -0.25) is 9.52 Å². The predicted octanol–water partition coefficient (Wildman–Crippen LogP) is 4.66. The second kappa shape index (κ2) is 11.2. The fourth-order valence-corrected chi connectivity index (χ4v) is 4.61. The van der Waals surface area contributed by atoms with Crippen molar-refractivity contribution in [2.75, 3.05) is 11.8 Å². The molecule has 0 aliphatic carbocycles. The van der Waals surface area contributed by atoms with Crippen LogP contribution in [0.5, 0.6) is 5.75 Å². The smallest absolute Gasteiger partial charge is 0.262 e. The van der Waals surface area contributed by atoms with Gasteiger partial charge in [-0.15, -0.1) is 0 Å². The van der Waals surface area contributed by atoms with Crippen LogP contribution in [-0.2, 0) is 27.9 Å². The van der Waals surface area contributed by atoms with Gasteiger partial charge in [0, 0.05) is 17.8 Å². The van der Waals surface area contributed by atoms with Gasteiger partial charge in [0.05, 0.1) is 24.7 Å². The van der Waals surface area contributed by atoms with Crippen LogP contribution in [0, 0.1) is 6.92 Å². The number of hydrogen-bond acceptors (Lipinski definition) is 5. The Morgan fingerprint density at radius 1 is 0.971 bits per heavy atom. The molecule has 0 saturated carbocycles. The highest BCUT2D eigenvalue weighted by molar-refractivity contribution is 7.92. The standard InChI is InChI=1S/C26H30N2O5S/c1-18(2)33-17-21-7-5-6-20(14-21)16-27-26(29)22-9-8-19(3)25(15-22)34(30,31)28-23-10-12-24(32-4)13-11-23/h5-15,18,28H,16-17H2,1-4H3,(H,27,29). The first-order valence-corrected chi connectivity index (χ1v) is 12.4. The van der Waals surface area contributed by atoms with Crippen LogP contribution in [0.4, 0.5) is 5.69 Å². The zero-order chi connectivity index (χ0) is 24.7. The normalized spacial score (nSPS) is 11.3. The summed E-state index contributed by atoms with van der Waals surface area (Å²) in [6.07, 6.45) is 0.134. The largest absolute Gasteiger partial charge is 0.497 e. The van der Waals surface area contributed by atoms with Crippen molar-refractivity contribution in [3.63, 3.8) is 0 Å². The van der Waals surface area contributed by atoms with Crippen molar-refractivity contribution in [1.29, 1.82) is 0 Å². The average molecular weight is 483 g/mol. The Kier molecular flexibility index (Phi) is 8.31. The first kappa shape index (κ1) is 25.3. The second-order valence-corrected chi connectivity index (χ2v) is 9.83. The van der Waals surface area contributed by atoms with E-state index in [2.05, 4.69) is 10.0 Å². The minimum absolute atomic E-state index is 0.0452. The molecule has 0 unspecified atom stereocenters. The zero-order valence-electron chi connectivity index (χ0n) is 19.8. The molecule has 0 aromatic heterocycles. The highest BCUT2D eigenvalue weighted by Crippen LogP contribution is 2.22. The summed E-state index contributed by atoms with van der Waals surface area (Å²) >= 11 is 0. The molecule has 3 rings (SSSR count). The molecule has 34 heavy (non-hydrogen) atoms. The summed E-state index contributed by atoms with van der Waals surface area (Å²) in [5.41, 5.74) is 3.15. The van der Waals surface area contributed by atoms with E-state index in [9.17, 15) is 13.2 Å². The van der Waals surface area contributed by atoms with Crippen LogP contribution in [0.1, 0.15) is 40.9 Å². The van der Waals surface area contributed by atoms with E-state index < -0.39 is 10.0 Å². The van der Waals surface area contributed by atoms with Crippen LogP contribution in [0.3, 0.4) is 0 Å². The molecule has 0 heterocycles. The van der Waals surface area contributed by atoms with E-state index in [-0.39, 0.29) is 22.5 Å². The molecule has 0 bridgehead atoms. The van der Waals surface area contributed by atoms with E-state index in [1.807, 2.05) is 38.1 Å². The van der Waals surface area contributed by atoms with Crippen molar-refractivity contribution < 1.29 is 22.7 Å². The van der Waals surface area contributed by atoms with E-state index in [0.29, 0.717) is 30.2 Å². The van der Waals surface area contributed by atoms with Crippen LogP contribution in [0.2, 0.25) is 0 Å². The van der Waals surface area contributed by atoms with Crippen LogP contribution in [0.25, 0.3) is 0 Å². The summed E-state index contributed by atoms with van der Waals surface area (Å²) in [7, 11) is -2.35. The van der Waals surface area contributed by atoms with Crippen LogP contribution >= 0.6 is 0 Å². The molecule has 7 nitrogen and oxygen atoms in total. The lowest BCUT2D eigenvalue weighted by atomic mass is 10.1. The number of benzene rings is 3. The Labute approximate surface area is 201 Å². The number of hydrogen-bond donors (Lipinski definition) is 2. The summed E-state index contributed by atoms with van der Waals surface area (Å²) in [4.78, 5) is 12.8. The Morgan fingerprint density at radius 3 is 2.35 bits per heavy atom. The molecule has 0 spiro atoms. The number of carbonyl (C=O) groups is 1. The fourth-order valence-electron chi connectivity index (χ4n) is 3.28. The molecule has 180 valence electrons. The molecule has 0 fully saturated rings. The molecule has 1 amide bonds. The monoisotopic (exact) mass is 482 g/mol. The molecule has 0 aliphatic rings. The third kappa shape index (κ3) is 6.82. The molecular formula is C26H30N2O5S. The Bertz CT molecular complexity index is 1240. The van der Waals surface area contributed by atoms with E-state index >= 15 is 0 Å². The highest BCUT2D eigenvalue weighted by Gasteiger charge is 2.19. The van der Waals surface area contributed by atoms with Gasteiger partial charge >= 0.3 is 0 Å². The first-order valence-electron chi connectivity index (χ1n) is 10.9. The second-order valence-electron chi connectivity index (χ2n) is 8.18. The number of rotatable bonds is 10. The van der Waals surface area contributed by atoms with Crippen molar-refractivity contribution in [3.8, 4) is 5.75 Å². The number of ether oxygens (including phenoxy) is 2. The van der Waals surface area contributed by atoms with Gasteiger partial charge in [-0.1, -0.05) is 30.3 Å². The number of amides is 1. The highest BCUT2D eigenvalue weighted by atomic mass is 32.2. The Hall–Kier alpha value is -3.36. The third-order valence-corrected chi connectivity index (χ3v) is 6.63. The van der Waals surface area contributed by atoms with Crippen molar-refractivity contribution in [2.45, 2.75) is 44.9 Å². The average Bonchev–Trinajstić information content (AvgIpc) is 2.82. The molecule has 3 aromatic carbocycles. The minimum Gasteiger partial charge on any atom is -0.497 e. The van der Waals surface area contributed by atoms with Crippen molar-refractivity contribution in [2.24, 2.45) is 0 Å². The summed E-state index contributed by atoms with van der Waals surface area (Å²) < 4.78 is 39.3. The molecule has 8 heteroatoms. The van der Waals surface area contributed by atoms with Gasteiger partial charge in [-0.05, 0) is 73.9 Å². The van der Waals surface area contributed by atoms with Crippen molar-refractivity contribution in [1.82, 2.24) is 5.32 Å². The minimum atomic E-state index is -3.89. The van der Waals surface area contributed by atoms with Gasteiger partial charge in [0.2, 0.25) is 0 Å². The van der Waals surface area contributed by atoms with Gasteiger partial charge in [-0.2, -0.15) is 0 Å². The predicted molar refractivity (Wildman–Crippen MR) is 133 cm³/mol. The first-order chi connectivity index (χ1) is 16.2. The summed E-state index contributed by atoms with van der Waals surface area (Å²) in [5.74, 6) is 0.264. The maximum Gasteiger partial charge on any atom is 0.262 e. The molecule has 0 radical (unpaired) electrons. The molecular weight excluding hydrogens is 452 g/mol. The number of sulfonamides is 1. The number of carbonyl (C=O) groups excluding carboxylic acids is 1. The topological polar surface area (TPSA) is 93.7 Å². The molecule has 2 N–H and O–H groups in total. The van der Waals surface area contributed by atoms with E-state index in [1.54, 1.807) is 43.3 Å². The van der Waals surface area contributed by atoms with Crippen LogP contribution in [0.15, 0.2) is 71.6 Å². The van der Waals surface area contributed by atoms with Gasteiger partial charge in [0.25, 0.3) is 15.9 Å². The number of aryl methyl sites for hydroxylation is 1. The van der Waals surface area contributed by atoms with Crippen molar-refractivity contribution >= 4 is 21.6 Å². The van der Waals surface area contributed by atoms with E-state index in [4.69, 9.17) is 9.47 Å². The summed E-state index contributed by atoms with van der Waals surface area (Å²) in [6.45, 7) is 6.46. The Morgan fingerprint density at radius 2 is 1.68 bits per heavy atom. The van der Waals surface area contributed by atoms with Crippen LogP contribution < -0.4 is 14.8 Å². The Balaban J connectivity index is 1.71. The summed E-state index contributed by atoms with van der Waals surface area (Å²) in [6, 6.07) is 19.0. The maximum atomic E-state index is 13.0. The lowest BCUT2D eigenvalue weighted by Crippen LogP contribution is -2.23.